The monoisotopic (exact) mass is 205 g/mol. The van der Waals surface area contributed by atoms with E-state index in [1.54, 1.807) is 4.90 Å². The maximum atomic E-state index is 10.8. The molecule has 5 heteroatoms. The molecular formula is C8H16ClN3O. The first kappa shape index (κ1) is 10.8. The van der Waals surface area contributed by atoms with Crippen molar-refractivity contribution in [3.05, 3.63) is 0 Å². The van der Waals surface area contributed by atoms with Crippen LogP contribution in [0.1, 0.15) is 0 Å². The Hall–Kier alpha value is -0.320. The van der Waals surface area contributed by atoms with Crippen LogP contribution in [0.3, 0.4) is 0 Å². The molecule has 0 aromatic rings. The average molecular weight is 206 g/mol. The smallest absolute Gasteiger partial charge is 0.316 e. The second-order valence-electron chi connectivity index (χ2n) is 3.58. The van der Waals surface area contributed by atoms with E-state index in [0.717, 1.165) is 32.8 Å². The summed E-state index contributed by atoms with van der Waals surface area (Å²) < 4.78 is 0. The van der Waals surface area contributed by atoms with Crippen LogP contribution < -0.4 is 0 Å². The molecule has 0 atom stereocenters. The summed E-state index contributed by atoms with van der Waals surface area (Å²) in [7, 11) is 4.08. The molecule has 0 radical (unpaired) electrons. The van der Waals surface area contributed by atoms with Crippen LogP contribution in [0, 0.1) is 0 Å². The second kappa shape index (κ2) is 4.79. The molecule has 13 heavy (non-hydrogen) atoms. The van der Waals surface area contributed by atoms with E-state index in [9.17, 15) is 4.79 Å². The molecular weight excluding hydrogens is 190 g/mol. The summed E-state index contributed by atoms with van der Waals surface area (Å²) in [6, 6.07) is 0. The van der Waals surface area contributed by atoms with Gasteiger partial charge in [0.15, 0.2) is 0 Å². The number of nitrogens with zero attached hydrogens (tertiary/aromatic N) is 3. The van der Waals surface area contributed by atoms with Crippen molar-refractivity contribution in [2.24, 2.45) is 0 Å². The molecule has 0 unspecified atom stereocenters. The minimum absolute atomic E-state index is 0.329. The number of halogens is 1. The van der Waals surface area contributed by atoms with Crippen LogP contribution in [-0.2, 0) is 0 Å². The SMILES string of the molecule is CN(C)CN1CCN(C(=O)Cl)CC1. The van der Waals surface area contributed by atoms with Crippen LogP contribution >= 0.6 is 11.6 Å². The summed E-state index contributed by atoms with van der Waals surface area (Å²) in [4.78, 5) is 16.9. The Kier molecular flexibility index (Phi) is 3.96. The highest BCUT2D eigenvalue weighted by Crippen LogP contribution is 2.04. The van der Waals surface area contributed by atoms with E-state index in [1.165, 1.54) is 0 Å². The molecule has 76 valence electrons. The largest absolute Gasteiger partial charge is 0.327 e. The van der Waals surface area contributed by atoms with Crippen LogP contribution in [0.2, 0.25) is 0 Å². The van der Waals surface area contributed by atoms with Crippen LogP contribution in [-0.4, -0.2) is 67.0 Å². The zero-order chi connectivity index (χ0) is 9.84. The Bertz CT molecular complexity index is 178. The maximum absolute atomic E-state index is 10.8. The quantitative estimate of drug-likeness (QED) is 0.485. The van der Waals surface area contributed by atoms with Gasteiger partial charge in [0.2, 0.25) is 0 Å². The predicted molar refractivity (Wildman–Crippen MR) is 52.9 cm³/mol. The lowest BCUT2D eigenvalue weighted by atomic mass is 10.3. The molecule has 0 N–H and O–H groups in total. The molecule has 0 saturated carbocycles. The zero-order valence-electron chi connectivity index (χ0n) is 8.16. The van der Waals surface area contributed by atoms with E-state index >= 15 is 0 Å². The number of carbonyl (C=O) groups excluding carboxylic acids is 1. The summed E-state index contributed by atoms with van der Waals surface area (Å²) in [6.07, 6.45) is 0. The van der Waals surface area contributed by atoms with Gasteiger partial charge in [-0.25, -0.2) is 0 Å². The third kappa shape index (κ3) is 3.50. The van der Waals surface area contributed by atoms with Crippen molar-refractivity contribution in [1.29, 1.82) is 0 Å². The van der Waals surface area contributed by atoms with E-state index in [4.69, 9.17) is 11.6 Å². The predicted octanol–water partition coefficient (Wildman–Crippen LogP) is 0.482. The van der Waals surface area contributed by atoms with Crippen molar-refractivity contribution in [3.8, 4) is 0 Å². The normalized spacial score (nSPS) is 19.5. The molecule has 0 aromatic carbocycles. The van der Waals surface area contributed by atoms with Gasteiger partial charge in [-0.15, -0.1) is 0 Å². The molecule has 1 saturated heterocycles. The van der Waals surface area contributed by atoms with Gasteiger partial charge < -0.3 is 4.90 Å². The van der Waals surface area contributed by atoms with Crippen LogP contribution in [0.25, 0.3) is 0 Å². The fourth-order valence-electron chi connectivity index (χ4n) is 1.47. The van der Waals surface area contributed by atoms with Crippen molar-refractivity contribution in [3.63, 3.8) is 0 Å². The molecule has 1 fully saturated rings. The van der Waals surface area contributed by atoms with E-state index in [0.29, 0.717) is 0 Å². The van der Waals surface area contributed by atoms with Gasteiger partial charge in [-0.2, -0.15) is 0 Å². The number of piperazine rings is 1. The number of rotatable bonds is 2. The highest BCUT2D eigenvalue weighted by Gasteiger charge is 2.19. The number of hydrogen-bond acceptors (Lipinski definition) is 3. The second-order valence-corrected chi connectivity index (χ2v) is 3.90. The number of carbonyl (C=O) groups is 1. The molecule has 1 aliphatic rings. The van der Waals surface area contributed by atoms with Gasteiger partial charge in [0.05, 0.1) is 6.67 Å². The Morgan fingerprint density at radius 1 is 1.31 bits per heavy atom. The summed E-state index contributed by atoms with van der Waals surface area (Å²) in [5.74, 6) is 0. The van der Waals surface area contributed by atoms with Gasteiger partial charge in [0.1, 0.15) is 0 Å². The molecule has 1 aliphatic heterocycles. The Labute approximate surface area is 84.0 Å². The number of amides is 1. The lowest BCUT2D eigenvalue weighted by Crippen LogP contribution is -2.49. The first-order valence-electron chi connectivity index (χ1n) is 4.41. The van der Waals surface area contributed by atoms with E-state index in [2.05, 4.69) is 9.80 Å². The average Bonchev–Trinajstić information content (AvgIpc) is 2.04. The molecule has 1 heterocycles. The molecule has 0 aromatic heterocycles. The lowest BCUT2D eigenvalue weighted by molar-refractivity contribution is 0.113. The van der Waals surface area contributed by atoms with E-state index < -0.39 is 0 Å². The van der Waals surface area contributed by atoms with Crippen LogP contribution in [0.5, 0.6) is 0 Å². The van der Waals surface area contributed by atoms with Crippen LogP contribution in [0.15, 0.2) is 0 Å². The van der Waals surface area contributed by atoms with Gasteiger partial charge in [-0.05, 0) is 25.7 Å². The maximum Gasteiger partial charge on any atom is 0.316 e. The minimum Gasteiger partial charge on any atom is -0.327 e. The summed E-state index contributed by atoms with van der Waals surface area (Å²) in [5.41, 5.74) is 0. The molecule has 0 spiro atoms. The molecule has 4 nitrogen and oxygen atoms in total. The van der Waals surface area contributed by atoms with Gasteiger partial charge in [0.25, 0.3) is 0 Å². The first-order valence-corrected chi connectivity index (χ1v) is 4.79. The standard InChI is InChI=1S/C8H16ClN3O/c1-10(2)7-11-3-5-12(6-4-11)8(9)13/h3-7H2,1-2H3. The summed E-state index contributed by atoms with van der Waals surface area (Å²) in [6.45, 7) is 4.27. The third-order valence-electron chi connectivity index (χ3n) is 2.10. The van der Waals surface area contributed by atoms with Crippen molar-refractivity contribution in [2.45, 2.75) is 0 Å². The minimum atomic E-state index is -0.329. The van der Waals surface area contributed by atoms with Crippen molar-refractivity contribution < 1.29 is 4.79 Å². The molecule has 1 amide bonds. The fraction of sp³-hybridized carbons (Fsp3) is 0.875. The van der Waals surface area contributed by atoms with Crippen molar-refractivity contribution in [1.82, 2.24) is 14.7 Å². The van der Waals surface area contributed by atoms with Crippen molar-refractivity contribution >= 4 is 17.0 Å². The highest BCUT2D eigenvalue weighted by atomic mass is 35.5. The fourth-order valence-corrected chi connectivity index (χ4v) is 1.63. The van der Waals surface area contributed by atoms with E-state index in [1.807, 2.05) is 14.1 Å². The first-order chi connectivity index (χ1) is 6.09. The molecule has 1 rings (SSSR count). The van der Waals surface area contributed by atoms with E-state index in [-0.39, 0.29) is 5.37 Å². The van der Waals surface area contributed by atoms with Gasteiger partial charge in [-0.3, -0.25) is 14.6 Å². The van der Waals surface area contributed by atoms with Gasteiger partial charge in [-0.1, -0.05) is 0 Å². The molecule has 0 aliphatic carbocycles. The zero-order valence-corrected chi connectivity index (χ0v) is 8.92. The Balaban J connectivity index is 2.26. The van der Waals surface area contributed by atoms with Gasteiger partial charge >= 0.3 is 5.37 Å². The summed E-state index contributed by atoms with van der Waals surface area (Å²) >= 11 is 5.37. The summed E-state index contributed by atoms with van der Waals surface area (Å²) in [5, 5.41) is -0.329. The molecule has 0 bridgehead atoms. The number of hydrogen-bond donors (Lipinski definition) is 0. The third-order valence-corrected chi connectivity index (χ3v) is 2.34. The topological polar surface area (TPSA) is 26.8 Å². The Morgan fingerprint density at radius 3 is 2.23 bits per heavy atom. The van der Waals surface area contributed by atoms with Gasteiger partial charge in [0, 0.05) is 26.2 Å². The lowest BCUT2D eigenvalue weighted by Gasteiger charge is -2.34. The highest BCUT2D eigenvalue weighted by molar-refractivity contribution is 6.62. The Morgan fingerprint density at radius 2 is 1.85 bits per heavy atom. The van der Waals surface area contributed by atoms with Crippen LogP contribution in [0.4, 0.5) is 4.79 Å². The van der Waals surface area contributed by atoms with Crippen molar-refractivity contribution in [2.75, 3.05) is 46.9 Å².